The summed E-state index contributed by atoms with van der Waals surface area (Å²) in [6.45, 7) is 0. The summed E-state index contributed by atoms with van der Waals surface area (Å²) in [5, 5.41) is 0. The van der Waals surface area contributed by atoms with E-state index < -0.39 is 5.82 Å². The number of methoxy groups -OCH3 is 1. The maximum absolute atomic E-state index is 13.7. The third kappa shape index (κ3) is 3.34. The number of ether oxygens (including phenoxy) is 1. The zero-order valence-corrected chi connectivity index (χ0v) is 13.1. The Bertz CT molecular complexity index is 582. The van der Waals surface area contributed by atoms with Gasteiger partial charge in [0, 0.05) is 4.47 Å². The first-order valence-electron chi connectivity index (χ1n) is 5.44. The van der Waals surface area contributed by atoms with Gasteiger partial charge in [0.05, 0.1) is 11.9 Å². The number of hydrogen-bond donors (Lipinski definition) is 0. The van der Waals surface area contributed by atoms with Gasteiger partial charge in [0.15, 0.2) is 11.6 Å². The van der Waals surface area contributed by atoms with E-state index in [1.807, 2.05) is 0 Å². The summed E-state index contributed by atoms with van der Waals surface area (Å²) in [5.74, 6) is -0.605. The molecule has 1 nitrogen and oxygen atoms in total. The fraction of sp³-hybridized carbons (Fsp3) is 0.143. The zero-order chi connectivity index (χ0) is 14.0. The smallest absolute Gasteiger partial charge is 0.165 e. The second-order valence-electron chi connectivity index (χ2n) is 3.96. The molecule has 1 unspecified atom stereocenters. The third-order valence-corrected chi connectivity index (χ3v) is 4.16. The normalized spacial score (nSPS) is 12.3. The van der Waals surface area contributed by atoms with E-state index in [1.54, 1.807) is 18.2 Å². The lowest BCUT2D eigenvalue weighted by molar-refractivity contribution is 0.386. The lowest BCUT2D eigenvalue weighted by Gasteiger charge is -2.12. The van der Waals surface area contributed by atoms with Crippen LogP contribution in [0, 0.1) is 11.6 Å². The van der Waals surface area contributed by atoms with E-state index in [2.05, 4.69) is 31.9 Å². The molecule has 2 aromatic rings. The van der Waals surface area contributed by atoms with Crippen LogP contribution in [-0.2, 0) is 0 Å². The number of hydrogen-bond acceptors (Lipinski definition) is 1. The molecule has 0 aliphatic carbocycles. The Hall–Kier alpha value is -0.940. The quantitative estimate of drug-likeness (QED) is 0.651. The van der Waals surface area contributed by atoms with E-state index in [1.165, 1.54) is 25.3 Å². The zero-order valence-electron chi connectivity index (χ0n) is 9.96. The molecular formula is C14H10Br2F2O. The average molecular weight is 392 g/mol. The first kappa shape index (κ1) is 14.5. The largest absolute Gasteiger partial charge is 0.494 e. The summed E-state index contributed by atoms with van der Waals surface area (Å²) in [7, 11) is 1.41. The molecule has 2 rings (SSSR count). The minimum atomic E-state index is -0.445. The van der Waals surface area contributed by atoms with Crippen molar-refractivity contribution in [2.75, 3.05) is 7.11 Å². The van der Waals surface area contributed by atoms with E-state index >= 15 is 0 Å². The van der Waals surface area contributed by atoms with Gasteiger partial charge in [-0.15, -0.1) is 0 Å². The van der Waals surface area contributed by atoms with Crippen LogP contribution in [-0.4, -0.2) is 7.11 Å². The Labute approximate surface area is 126 Å². The highest BCUT2D eigenvalue weighted by Gasteiger charge is 2.14. The molecule has 0 amide bonds. The third-order valence-electron chi connectivity index (χ3n) is 2.65. The van der Waals surface area contributed by atoms with Crippen molar-refractivity contribution in [1.29, 1.82) is 0 Å². The van der Waals surface area contributed by atoms with Crippen LogP contribution in [0.4, 0.5) is 8.78 Å². The molecule has 0 aliphatic rings. The van der Waals surface area contributed by atoms with Crippen molar-refractivity contribution in [3.8, 4) is 5.75 Å². The van der Waals surface area contributed by atoms with Gasteiger partial charge in [-0.2, -0.15) is 0 Å². The first-order valence-corrected chi connectivity index (χ1v) is 7.15. The molecule has 2 aromatic carbocycles. The maximum Gasteiger partial charge on any atom is 0.165 e. The van der Waals surface area contributed by atoms with Crippen LogP contribution in [0.5, 0.6) is 5.75 Å². The van der Waals surface area contributed by atoms with Gasteiger partial charge in [-0.25, -0.2) is 8.78 Å². The molecule has 0 fully saturated rings. The van der Waals surface area contributed by atoms with Crippen molar-refractivity contribution >= 4 is 31.9 Å². The van der Waals surface area contributed by atoms with E-state index in [4.69, 9.17) is 4.74 Å². The van der Waals surface area contributed by atoms with Crippen molar-refractivity contribution in [1.82, 2.24) is 0 Å². The van der Waals surface area contributed by atoms with E-state index in [0.29, 0.717) is 15.6 Å². The molecule has 0 N–H and O–H groups in total. The van der Waals surface area contributed by atoms with Gasteiger partial charge in [0.2, 0.25) is 0 Å². The molecule has 5 heteroatoms. The van der Waals surface area contributed by atoms with Crippen molar-refractivity contribution < 1.29 is 13.5 Å². The summed E-state index contributed by atoms with van der Waals surface area (Å²) in [5.41, 5.74) is 1.40. The van der Waals surface area contributed by atoms with Gasteiger partial charge in [-0.1, -0.05) is 37.9 Å². The van der Waals surface area contributed by atoms with E-state index in [-0.39, 0.29) is 16.4 Å². The van der Waals surface area contributed by atoms with Crippen LogP contribution in [0.25, 0.3) is 0 Å². The number of benzene rings is 2. The monoisotopic (exact) mass is 390 g/mol. The molecule has 0 bridgehead atoms. The minimum absolute atomic E-state index is 0.184. The van der Waals surface area contributed by atoms with Gasteiger partial charge in [0.25, 0.3) is 0 Å². The topological polar surface area (TPSA) is 9.23 Å². The highest BCUT2D eigenvalue weighted by Crippen LogP contribution is 2.34. The lowest BCUT2D eigenvalue weighted by atomic mass is 10.0. The fourth-order valence-electron chi connectivity index (χ4n) is 1.75. The average Bonchev–Trinajstić information content (AvgIpc) is 2.36. The Morgan fingerprint density at radius 1 is 1.05 bits per heavy atom. The SMILES string of the molecule is COc1ccc(C(Br)c2cc(F)cc(Br)c2)cc1F. The summed E-state index contributed by atoms with van der Waals surface area (Å²) < 4.78 is 32.5. The molecule has 0 spiro atoms. The van der Waals surface area contributed by atoms with Gasteiger partial charge in [0.1, 0.15) is 5.82 Å². The van der Waals surface area contributed by atoms with Crippen molar-refractivity contribution in [2.24, 2.45) is 0 Å². The predicted molar refractivity (Wildman–Crippen MR) is 77.8 cm³/mol. The summed E-state index contributed by atoms with van der Waals surface area (Å²) in [6.07, 6.45) is 0. The summed E-state index contributed by atoms with van der Waals surface area (Å²) >= 11 is 6.68. The number of halogens is 4. The molecule has 100 valence electrons. The molecule has 19 heavy (non-hydrogen) atoms. The minimum Gasteiger partial charge on any atom is -0.494 e. The van der Waals surface area contributed by atoms with E-state index in [0.717, 1.165) is 0 Å². The molecule has 1 atom stereocenters. The van der Waals surface area contributed by atoms with Crippen LogP contribution in [0.1, 0.15) is 16.0 Å². The predicted octanol–water partition coefficient (Wildman–Crippen LogP) is 5.22. The highest BCUT2D eigenvalue weighted by molar-refractivity contribution is 9.10. The van der Waals surface area contributed by atoms with Crippen LogP contribution >= 0.6 is 31.9 Å². The van der Waals surface area contributed by atoms with Crippen LogP contribution in [0.15, 0.2) is 40.9 Å². The molecule has 0 aliphatic heterocycles. The second kappa shape index (κ2) is 6.01. The standard InChI is InChI=1S/C14H10Br2F2O/c1-19-13-3-2-8(6-12(13)18)14(16)9-4-10(15)7-11(17)5-9/h2-7,14H,1H3. The van der Waals surface area contributed by atoms with Gasteiger partial charge < -0.3 is 4.74 Å². The van der Waals surface area contributed by atoms with Gasteiger partial charge in [-0.3, -0.25) is 0 Å². The van der Waals surface area contributed by atoms with Crippen molar-refractivity contribution in [3.05, 3.63) is 63.6 Å². The highest BCUT2D eigenvalue weighted by atomic mass is 79.9. The Morgan fingerprint density at radius 2 is 1.79 bits per heavy atom. The van der Waals surface area contributed by atoms with Crippen LogP contribution in [0.3, 0.4) is 0 Å². The maximum atomic E-state index is 13.7. The summed E-state index contributed by atoms with van der Waals surface area (Å²) in [6, 6.07) is 9.22. The first-order chi connectivity index (χ1) is 9.01. The van der Waals surface area contributed by atoms with Crippen molar-refractivity contribution in [2.45, 2.75) is 4.83 Å². The molecule has 0 heterocycles. The Morgan fingerprint density at radius 3 is 2.37 bits per heavy atom. The van der Waals surface area contributed by atoms with Gasteiger partial charge in [-0.05, 0) is 41.5 Å². The van der Waals surface area contributed by atoms with E-state index in [9.17, 15) is 8.78 Å². The fourth-order valence-corrected chi connectivity index (χ4v) is 2.79. The Balaban J connectivity index is 2.38. The van der Waals surface area contributed by atoms with Gasteiger partial charge >= 0.3 is 0 Å². The van der Waals surface area contributed by atoms with Crippen LogP contribution in [0.2, 0.25) is 0 Å². The molecule has 0 aromatic heterocycles. The second-order valence-corrected chi connectivity index (χ2v) is 5.79. The van der Waals surface area contributed by atoms with Crippen molar-refractivity contribution in [3.63, 3.8) is 0 Å². The lowest BCUT2D eigenvalue weighted by Crippen LogP contribution is -1.96. The molecule has 0 saturated heterocycles. The Kier molecular flexibility index (Phi) is 4.58. The molecule has 0 radical (unpaired) electrons. The molecular weight excluding hydrogens is 382 g/mol. The number of alkyl halides is 1. The molecule has 0 saturated carbocycles. The summed E-state index contributed by atoms with van der Waals surface area (Å²) in [4.78, 5) is -0.292. The number of rotatable bonds is 3. The van der Waals surface area contributed by atoms with Crippen LogP contribution < -0.4 is 4.74 Å².